The molecule has 0 aromatic carbocycles. The van der Waals surface area contributed by atoms with Crippen LogP contribution in [0.4, 0.5) is 0 Å². The molecule has 0 heterocycles. The predicted molar refractivity (Wildman–Crippen MR) is 418 cm³/mol. The number of aliphatic hydroxyl groups is 1. The number of phosphoric acid groups is 2. The molecule has 5 unspecified atom stereocenters. The van der Waals surface area contributed by atoms with Gasteiger partial charge >= 0.3 is 39.5 Å². The molecule has 0 aliphatic heterocycles. The molecule has 0 saturated carbocycles. The first-order chi connectivity index (χ1) is 49.7. The lowest BCUT2D eigenvalue weighted by molar-refractivity contribution is -0.161. The fourth-order valence-corrected chi connectivity index (χ4v) is 11.8. The summed E-state index contributed by atoms with van der Waals surface area (Å²) in [7, 11) is -9.98. The lowest BCUT2D eigenvalue weighted by Crippen LogP contribution is -2.30. The van der Waals surface area contributed by atoms with Gasteiger partial charge in [0, 0.05) is 25.7 Å². The summed E-state index contributed by atoms with van der Waals surface area (Å²) in [6.45, 7) is 4.46. The van der Waals surface area contributed by atoms with Crippen LogP contribution < -0.4 is 0 Å². The van der Waals surface area contributed by atoms with Crippen LogP contribution >= 0.6 is 15.6 Å². The zero-order valence-corrected chi connectivity index (χ0v) is 65.5. The molecule has 5 atom stereocenters. The van der Waals surface area contributed by atoms with Gasteiger partial charge in [-0.1, -0.05) is 283 Å². The Balaban J connectivity index is 5.40. The molecule has 0 spiro atoms. The highest BCUT2D eigenvalue weighted by Crippen LogP contribution is 2.45. The Kier molecular flexibility index (Phi) is 71.0. The third-order valence-electron chi connectivity index (χ3n) is 16.1. The van der Waals surface area contributed by atoms with Gasteiger partial charge in [0.25, 0.3) is 0 Å². The van der Waals surface area contributed by atoms with Gasteiger partial charge in [0.05, 0.1) is 26.4 Å². The Morgan fingerprint density at radius 3 is 0.804 bits per heavy atom. The maximum Gasteiger partial charge on any atom is 0.472 e. The summed E-state index contributed by atoms with van der Waals surface area (Å²) in [5, 5.41) is 10.6. The summed E-state index contributed by atoms with van der Waals surface area (Å²) in [6.07, 6.45) is 82.9. The number of unbranched alkanes of at least 4 members (excludes halogenated alkanes) is 25. The van der Waals surface area contributed by atoms with E-state index in [1.807, 2.05) is 0 Å². The van der Waals surface area contributed by atoms with Gasteiger partial charge in [0.2, 0.25) is 0 Å². The number of carbonyl (C=O) groups is 4. The van der Waals surface area contributed by atoms with Crippen molar-refractivity contribution in [2.45, 2.75) is 329 Å². The van der Waals surface area contributed by atoms with Gasteiger partial charge in [0.1, 0.15) is 19.3 Å². The fourth-order valence-electron chi connectivity index (χ4n) is 10.2. The maximum atomic E-state index is 13.1. The summed E-state index contributed by atoms with van der Waals surface area (Å²) in [5.74, 6) is -2.25. The Morgan fingerprint density at radius 1 is 0.284 bits per heavy atom. The first-order valence-electron chi connectivity index (χ1n) is 39.4. The summed E-state index contributed by atoms with van der Waals surface area (Å²) < 4.78 is 68.5. The number of phosphoric ester groups is 2. The third kappa shape index (κ3) is 73.5. The third-order valence-corrected chi connectivity index (χ3v) is 18.0. The minimum Gasteiger partial charge on any atom is -0.462 e. The van der Waals surface area contributed by atoms with E-state index in [-0.39, 0.29) is 25.7 Å². The molecule has 0 bridgehead atoms. The van der Waals surface area contributed by atoms with Crippen LogP contribution in [0.3, 0.4) is 0 Å². The molecule has 0 aliphatic carbocycles. The molecule has 19 heteroatoms. The van der Waals surface area contributed by atoms with Crippen molar-refractivity contribution in [1.29, 1.82) is 0 Å². The molecule has 17 nitrogen and oxygen atoms in total. The standard InChI is InChI=1S/C83H140O17P2/c1-5-9-13-17-21-25-29-33-36-37-38-39-42-45-48-52-56-60-64-68-81(86)94-74-79(100-83(88)70-66-62-58-54-50-46-41-35-31-27-23-19-15-11-7-3)76-98-102(91,92)96-72-77(84)71-95-101(89,90)97-75-78(99-82(87)69-65-61-57-53-49-43-32-28-24-20-16-12-8-4)73-93-80(85)67-63-59-55-51-47-44-40-34-30-26-22-18-14-10-6-2/h9-11,13-15,21-23,25-27,33-36,38-41,50,54,77-79,84H,5-8,12,16-20,24,28-32,37,42-49,51-53,55-76H2,1-4H3,(H,89,90)(H,91,92)/b13-9-,14-10-,15-11-,25-21-,26-22-,27-23-,36-33-,39-38-,40-34-,41-35-,54-50-. The molecule has 0 radical (unpaired) electrons. The molecule has 102 heavy (non-hydrogen) atoms. The van der Waals surface area contributed by atoms with E-state index in [9.17, 15) is 43.2 Å². The van der Waals surface area contributed by atoms with Gasteiger partial charge in [-0.3, -0.25) is 37.3 Å². The number of aliphatic hydroxyl groups excluding tert-OH is 1. The highest BCUT2D eigenvalue weighted by Gasteiger charge is 2.30. The van der Waals surface area contributed by atoms with Crippen LogP contribution in [-0.4, -0.2) is 96.7 Å². The van der Waals surface area contributed by atoms with Gasteiger partial charge in [-0.15, -0.1) is 0 Å². The first-order valence-corrected chi connectivity index (χ1v) is 42.4. The highest BCUT2D eigenvalue weighted by atomic mass is 31.2. The quantitative estimate of drug-likeness (QED) is 0.0169. The number of carbonyl (C=O) groups excluding carboxylic acids is 4. The number of hydrogen-bond donors (Lipinski definition) is 3. The van der Waals surface area contributed by atoms with E-state index in [0.717, 1.165) is 173 Å². The predicted octanol–water partition coefficient (Wildman–Crippen LogP) is 22.9. The van der Waals surface area contributed by atoms with Crippen LogP contribution in [0.5, 0.6) is 0 Å². The second-order valence-corrected chi connectivity index (χ2v) is 28.8. The van der Waals surface area contributed by atoms with Gasteiger partial charge < -0.3 is 33.8 Å². The van der Waals surface area contributed by atoms with Gasteiger partial charge in [0.15, 0.2) is 12.2 Å². The van der Waals surface area contributed by atoms with E-state index in [1.165, 1.54) is 51.4 Å². The maximum absolute atomic E-state index is 13.1. The average molecular weight is 1470 g/mol. The van der Waals surface area contributed by atoms with Crippen molar-refractivity contribution < 1.29 is 80.2 Å². The van der Waals surface area contributed by atoms with Crippen LogP contribution in [0.25, 0.3) is 0 Å². The van der Waals surface area contributed by atoms with Crippen molar-refractivity contribution in [3.05, 3.63) is 134 Å². The van der Waals surface area contributed by atoms with E-state index < -0.39 is 97.5 Å². The topological polar surface area (TPSA) is 237 Å². The van der Waals surface area contributed by atoms with Crippen LogP contribution in [0, 0.1) is 0 Å². The minimum atomic E-state index is -4.99. The first kappa shape index (κ1) is 97.2. The highest BCUT2D eigenvalue weighted by molar-refractivity contribution is 7.47. The van der Waals surface area contributed by atoms with Crippen LogP contribution in [0.15, 0.2) is 134 Å². The second kappa shape index (κ2) is 74.5. The number of ether oxygens (including phenoxy) is 4. The van der Waals surface area contributed by atoms with Crippen molar-refractivity contribution in [1.82, 2.24) is 0 Å². The van der Waals surface area contributed by atoms with Crippen molar-refractivity contribution in [3.8, 4) is 0 Å². The SMILES string of the molecule is CC/C=C\C/C=C\C/C=C\C/C=C\CCCCCCCCC(=O)OCC(COP(=O)(O)OCC(O)COP(=O)(O)OCC(COC(=O)CCCCCCC/C=C\C/C=C\C/C=C\CC)OC(=O)CCCCCCCCCCCCCCC)OC(=O)CCCC/C=C\C/C=C\C/C=C\C/C=C\CC. The molecule has 0 rings (SSSR count). The molecule has 0 amide bonds. The van der Waals surface area contributed by atoms with E-state index in [1.54, 1.807) is 0 Å². The smallest absolute Gasteiger partial charge is 0.462 e. The molecule has 0 aliphatic rings. The molecule has 0 aromatic rings. The summed E-state index contributed by atoms with van der Waals surface area (Å²) in [5.41, 5.74) is 0. The summed E-state index contributed by atoms with van der Waals surface area (Å²) >= 11 is 0. The summed E-state index contributed by atoms with van der Waals surface area (Å²) in [6, 6.07) is 0. The Bertz CT molecular complexity index is 2460. The number of esters is 4. The minimum absolute atomic E-state index is 0.0361. The molecule has 0 fully saturated rings. The number of rotatable bonds is 73. The van der Waals surface area contributed by atoms with E-state index in [0.29, 0.717) is 32.1 Å². The fraction of sp³-hybridized carbons (Fsp3) is 0.687. The van der Waals surface area contributed by atoms with Crippen LogP contribution in [-0.2, 0) is 65.4 Å². The van der Waals surface area contributed by atoms with E-state index >= 15 is 0 Å². The van der Waals surface area contributed by atoms with Crippen molar-refractivity contribution in [2.75, 3.05) is 39.6 Å². The Hall–Kier alpha value is -4.80. The average Bonchev–Trinajstić information content (AvgIpc) is 0.924. The second-order valence-electron chi connectivity index (χ2n) is 25.9. The van der Waals surface area contributed by atoms with Crippen molar-refractivity contribution >= 4 is 39.5 Å². The molecule has 584 valence electrons. The van der Waals surface area contributed by atoms with E-state index in [2.05, 4.69) is 161 Å². The normalized spacial score (nSPS) is 14.6. The molecule has 0 saturated heterocycles. The number of hydrogen-bond acceptors (Lipinski definition) is 15. The summed E-state index contributed by atoms with van der Waals surface area (Å²) in [4.78, 5) is 73.0. The molecular formula is C83H140O17P2. The monoisotopic (exact) mass is 1470 g/mol. The van der Waals surface area contributed by atoms with Gasteiger partial charge in [-0.2, -0.15) is 0 Å². The van der Waals surface area contributed by atoms with Gasteiger partial charge in [-0.05, 0) is 135 Å². The van der Waals surface area contributed by atoms with Crippen LogP contribution in [0.1, 0.15) is 310 Å². The zero-order valence-electron chi connectivity index (χ0n) is 63.7. The van der Waals surface area contributed by atoms with Crippen LogP contribution in [0.2, 0.25) is 0 Å². The molecule has 3 N–H and O–H groups in total. The van der Waals surface area contributed by atoms with Crippen molar-refractivity contribution in [2.24, 2.45) is 0 Å². The number of allylic oxidation sites excluding steroid dienone is 22. The largest absolute Gasteiger partial charge is 0.472 e. The van der Waals surface area contributed by atoms with Gasteiger partial charge in [-0.25, -0.2) is 9.13 Å². The van der Waals surface area contributed by atoms with Crippen molar-refractivity contribution in [3.63, 3.8) is 0 Å². The Labute approximate surface area is 618 Å². The lowest BCUT2D eigenvalue weighted by Gasteiger charge is -2.21. The molecule has 0 aromatic heterocycles. The molecular weight excluding hydrogens is 1330 g/mol. The Morgan fingerprint density at radius 2 is 0.510 bits per heavy atom. The lowest BCUT2D eigenvalue weighted by atomic mass is 10.0. The van der Waals surface area contributed by atoms with E-state index in [4.69, 9.17) is 37.0 Å². The zero-order chi connectivity index (χ0) is 74.6.